The summed E-state index contributed by atoms with van der Waals surface area (Å²) in [5.41, 5.74) is 5.50. The molecule has 0 spiro atoms. The number of ether oxygens (including phenoxy) is 1. The number of carbonyl (C=O) groups is 1. The van der Waals surface area contributed by atoms with Gasteiger partial charge < -0.3 is 4.74 Å². The number of carbonyl (C=O) groups excluding carboxylic acids is 1. The second kappa shape index (κ2) is 12.7. The Labute approximate surface area is 281 Å². The van der Waals surface area contributed by atoms with Gasteiger partial charge in [-0.05, 0) is 67.1 Å². The first-order valence-electron chi connectivity index (χ1n) is 14.9. The number of benzene rings is 4. The molecule has 0 bridgehead atoms. The number of amides is 1. The molecular formula is C37H29N5O3S2. The Hall–Kier alpha value is -5.45. The van der Waals surface area contributed by atoms with Crippen molar-refractivity contribution < 1.29 is 9.53 Å². The number of hydrogen-bond donors (Lipinski definition) is 0. The van der Waals surface area contributed by atoms with Crippen LogP contribution in [-0.4, -0.2) is 29.4 Å². The van der Waals surface area contributed by atoms with Crippen LogP contribution in [-0.2, 0) is 18.4 Å². The molecule has 6 aromatic rings. The number of anilines is 1. The van der Waals surface area contributed by atoms with Crippen molar-refractivity contribution in [2.75, 3.05) is 4.90 Å². The van der Waals surface area contributed by atoms with Crippen molar-refractivity contribution in [2.24, 2.45) is 7.05 Å². The highest BCUT2D eigenvalue weighted by molar-refractivity contribution is 8.27. The van der Waals surface area contributed by atoms with Crippen LogP contribution in [0.2, 0.25) is 0 Å². The Morgan fingerprint density at radius 2 is 1.45 bits per heavy atom. The van der Waals surface area contributed by atoms with E-state index in [1.54, 1.807) is 27.2 Å². The van der Waals surface area contributed by atoms with Gasteiger partial charge in [-0.1, -0.05) is 90.7 Å². The first-order chi connectivity index (χ1) is 22.9. The molecule has 0 saturated carbocycles. The summed E-state index contributed by atoms with van der Waals surface area (Å²) in [5, 5.41) is 4.92. The summed E-state index contributed by atoms with van der Waals surface area (Å²) >= 11 is 6.87. The largest absolute Gasteiger partial charge is 0.489 e. The van der Waals surface area contributed by atoms with E-state index in [9.17, 15) is 9.59 Å². The van der Waals surface area contributed by atoms with Crippen LogP contribution in [0.5, 0.6) is 5.75 Å². The van der Waals surface area contributed by atoms with Crippen molar-refractivity contribution >= 4 is 46.0 Å². The highest BCUT2D eigenvalue weighted by Crippen LogP contribution is 2.38. The molecule has 0 aliphatic carbocycles. The quantitative estimate of drug-likeness (QED) is 0.126. The molecule has 7 rings (SSSR count). The van der Waals surface area contributed by atoms with Crippen LogP contribution in [0.1, 0.15) is 16.8 Å². The van der Waals surface area contributed by atoms with E-state index in [0.717, 1.165) is 28.1 Å². The normalized spacial score (nSPS) is 13.9. The third-order valence-corrected chi connectivity index (χ3v) is 9.27. The second-order valence-corrected chi connectivity index (χ2v) is 12.6. The Morgan fingerprint density at radius 3 is 2.11 bits per heavy atom. The van der Waals surface area contributed by atoms with Crippen LogP contribution >= 0.6 is 24.0 Å². The molecule has 0 atom stereocenters. The molecule has 0 unspecified atom stereocenters. The predicted octanol–water partition coefficient (Wildman–Crippen LogP) is 7.32. The molecular weight excluding hydrogens is 627 g/mol. The molecule has 1 aliphatic rings. The predicted molar refractivity (Wildman–Crippen MR) is 191 cm³/mol. The molecule has 1 saturated heterocycles. The SMILES string of the molecule is Cc1c(N2C(=O)/C(=C\c3cn(-c4ccccc4)nc3-c3ccc(OCc4ccccc4)cc3)SC2=S)c(=O)n(-c2ccccc2)n1C. The van der Waals surface area contributed by atoms with Crippen molar-refractivity contribution in [1.29, 1.82) is 0 Å². The van der Waals surface area contributed by atoms with Gasteiger partial charge in [-0.3, -0.25) is 19.2 Å². The van der Waals surface area contributed by atoms with Gasteiger partial charge in [0.2, 0.25) is 0 Å². The van der Waals surface area contributed by atoms with Crippen molar-refractivity contribution in [3.8, 4) is 28.4 Å². The fourth-order valence-corrected chi connectivity index (χ4v) is 6.76. The standard InChI is InChI=1S/C37H29N5O3S2/c1-25-34(36(44)42(39(25)2)30-16-10-5-11-17-30)41-35(43)32(47-37(41)46)22-28-23-40(29-14-8-4-9-15-29)38-33(28)27-18-20-31(21-19-27)45-24-26-12-6-3-7-13-26/h3-23H,24H2,1-2H3/b32-22+. The number of thioether (sulfide) groups is 1. The van der Waals surface area contributed by atoms with Crippen LogP contribution in [0, 0.1) is 6.92 Å². The molecule has 0 N–H and O–H groups in total. The Kier molecular flexibility index (Phi) is 8.19. The highest BCUT2D eigenvalue weighted by atomic mass is 32.2. The molecule has 3 heterocycles. The van der Waals surface area contributed by atoms with Crippen molar-refractivity contribution in [3.63, 3.8) is 0 Å². The van der Waals surface area contributed by atoms with Crippen LogP contribution in [0.15, 0.2) is 131 Å². The third-order valence-electron chi connectivity index (χ3n) is 7.97. The van der Waals surface area contributed by atoms with Gasteiger partial charge in [0.25, 0.3) is 11.5 Å². The summed E-state index contributed by atoms with van der Waals surface area (Å²) in [5.74, 6) is 0.385. The minimum absolute atomic E-state index is 0.244. The van der Waals surface area contributed by atoms with Gasteiger partial charge in [0.1, 0.15) is 18.0 Å². The maximum atomic E-state index is 14.0. The summed E-state index contributed by atoms with van der Waals surface area (Å²) in [6, 6.07) is 36.9. The van der Waals surface area contributed by atoms with E-state index in [2.05, 4.69) is 0 Å². The van der Waals surface area contributed by atoms with E-state index in [4.69, 9.17) is 22.1 Å². The maximum Gasteiger partial charge on any atom is 0.296 e. The summed E-state index contributed by atoms with van der Waals surface area (Å²) in [6.45, 7) is 2.28. The van der Waals surface area contributed by atoms with E-state index in [0.29, 0.717) is 32.9 Å². The lowest BCUT2D eigenvalue weighted by Gasteiger charge is -2.12. The fraction of sp³-hybridized carbons (Fsp3) is 0.0811. The average molecular weight is 656 g/mol. The number of nitrogens with zero attached hydrogens (tertiary/aromatic N) is 5. The summed E-state index contributed by atoms with van der Waals surface area (Å²) in [4.78, 5) is 29.5. The van der Waals surface area contributed by atoms with Gasteiger partial charge >= 0.3 is 0 Å². The molecule has 1 fully saturated rings. The fourth-order valence-electron chi connectivity index (χ4n) is 5.49. The van der Waals surface area contributed by atoms with E-state index in [1.807, 2.05) is 128 Å². The number of para-hydroxylation sites is 2. The van der Waals surface area contributed by atoms with Crippen LogP contribution in [0.25, 0.3) is 28.7 Å². The molecule has 232 valence electrons. The Bertz CT molecular complexity index is 2190. The number of hydrogen-bond acceptors (Lipinski definition) is 6. The highest BCUT2D eigenvalue weighted by Gasteiger charge is 2.38. The van der Waals surface area contributed by atoms with Gasteiger partial charge in [-0.15, -0.1) is 0 Å². The van der Waals surface area contributed by atoms with E-state index in [-0.39, 0.29) is 17.2 Å². The summed E-state index contributed by atoms with van der Waals surface area (Å²) < 4.78 is 11.4. The summed E-state index contributed by atoms with van der Waals surface area (Å²) in [6.07, 6.45) is 3.70. The van der Waals surface area contributed by atoms with E-state index < -0.39 is 0 Å². The number of thiocarbonyl (C=S) groups is 1. The number of rotatable bonds is 8. The lowest BCUT2D eigenvalue weighted by molar-refractivity contribution is -0.113. The zero-order valence-corrected chi connectivity index (χ0v) is 27.2. The molecule has 4 aromatic carbocycles. The lowest BCUT2D eigenvalue weighted by Crippen LogP contribution is -2.33. The van der Waals surface area contributed by atoms with E-state index in [1.165, 1.54) is 16.7 Å². The van der Waals surface area contributed by atoms with Gasteiger partial charge in [0.15, 0.2) is 4.32 Å². The first-order valence-corrected chi connectivity index (χ1v) is 16.2. The first kappa shape index (κ1) is 30.2. The van der Waals surface area contributed by atoms with Crippen LogP contribution < -0.4 is 15.2 Å². The average Bonchev–Trinajstić information content (AvgIpc) is 3.72. The van der Waals surface area contributed by atoms with Gasteiger partial charge in [-0.25, -0.2) is 9.36 Å². The van der Waals surface area contributed by atoms with Gasteiger partial charge in [0.05, 0.1) is 27.7 Å². The monoisotopic (exact) mass is 655 g/mol. The molecule has 10 heteroatoms. The van der Waals surface area contributed by atoms with Gasteiger partial charge in [-0.2, -0.15) is 5.10 Å². The smallest absolute Gasteiger partial charge is 0.296 e. The van der Waals surface area contributed by atoms with E-state index >= 15 is 0 Å². The molecule has 1 aliphatic heterocycles. The Balaban J connectivity index is 1.23. The topological polar surface area (TPSA) is 74.3 Å². The van der Waals surface area contributed by atoms with Crippen LogP contribution in [0.4, 0.5) is 5.69 Å². The lowest BCUT2D eigenvalue weighted by atomic mass is 10.1. The molecule has 1 amide bonds. The number of aromatic nitrogens is 4. The van der Waals surface area contributed by atoms with Crippen molar-refractivity contribution in [2.45, 2.75) is 13.5 Å². The third kappa shape index (κ3) is 5.84. The second-order valence-electron chi connectivity index (χ2n) is 10.9. The minimum Gasteiger partial charge on any atom is -0.489 e. The zero-order chi connectivity index (χ0) is 32.5. The zero-order valence-electron chi connectivity index (χ0n) is 25.6. The maximum absolute atomic E-state index is 14.0. The van der Waals surface area contributed by atoms with Crippen molar-refractivity contribution in [1.82, 2.24) is 19.1 Å². The Morgan fingerprint density at radius 1 is 0.830 bits per heavy atom. The molecule has 2 aromatic heterocycles. The summed E-state index contributed by atoms with van der Waals surface area (Å²) in [7, 11) is 1.79. The van der Waals surface area contributed by atoms with Crippen molar-refractivity contribution in [3.05, 3.63) is 154 Å². The molecule has 47 heavy (non-hydrogen) atoms. The molecule has 8 nitrogen and oxygen atoms in total. The van der Waals surface area contributed by atoms with Gasteiger partial charge in [0, 0.05) is 24.4 Å². The van der Waals surface area contributed by atoms with Crippen LogP contribution in [0.3, 0.4) is 0 Å². The molecule has 0 radical (unpaired) electrons. The minimum atomic E-state index is -0.353.